The second-order valence-corrected chi connectivity index (χ2v) is 5.87. The molecular formula is C14H17N3S. The third-order valence-electron chi connectivity index (χ3n) is 3.60. The van der Waals surface area contributed by atoms with Gasteiger partial charge < -0.3 is 5.73 Å². The molecule has 4 heteroatoms. The van der Waals surface area contributed by atoms with Crippen molar-refractivity contribution in [1.82, 2.24) is 9.97 Å². The minimum absolute atomic E-state index is 0.578. The second kappa shape index (κ2) is 4.69. The maximum Gasteiger partial charge on any atom is 0.172 e. The maximum absolute atomic E-state index is 5.94. The van der Waals surface area contributed by atoms with Gasteiger partial charge in [0, 0.05) is 17.7 Å². The first kappa shape index (κ1) is 11.7. The summed E-state index contributed by atoms with van der Waals surface area (Å²) >= 11 is 1.68. The summed E-state index contributed by atoms with van der Waals surface area (Å²) in [6.07, 6.45) is 5.09. The smallest absolute Gasteiger partial charge is 0.172 e. The molecule has 2 heterocycles. The van der Waals surface area contributed by atoms with Gasteiger partial charge in [-0.15, -0.1) is 11.3 Å². The van der Waals surface area contributed by atoms with Gasteiger partial charge >= 0.3 is 0 Å². The molecule has 1 aliphatic carbocycles. The Bertz CT molecular complexity index is 556. The number of thiophene rings is 1. The van der Waals surface area contributed by atoms with Gasteiger partial charge in [-0.3, -0.25) is 0 Å². The molecule has 3 rings (SSSR count). The van der Waals surface area contributed by atoms with Crippen LogP contribution in [0.5, 0.6) is 0 Å². The lowest BCUT2D eigenvalue weighted by Gasteiger charge is -2.10. The Balaban J connectivity index is 2.03. The van der Waals surface area contributed by atoms with Crippen LogP contribution < -0.4 is 5.73 Å². The molecule has 0 aliphatic heterocycles. The number of rotatable bonds is 2. The number of nitrogens with zero attached hydrogens (tertiary/aromatic N) is 2. The van der Waals surface area contributed by atoms with E-state index in [0.717, 1.165) is 16.4 Å². The summed E-state index contributed by atoms with van der Waals surface area (Å²) in [5.41, 5.74) is 8.29. The highest BCUT2D eigenvalue weighted by molar-refractivity contribution is 7.13. The zero-order valence-electron chi connectivity index (χ0n) is 10.5. The van der Waals surface area contributed by atoms with E-state index < -0.39 is 0 Å². The number of nitrogen functional groups attached to an aromatic ring is 1. The number of aryl methyl sites for hydroxylation is 1. The van der Waals surface area contributed by atoms with Gasteiger partial charge in [0.25, 0.3) is 0 Å². The molecule has 0 amide bonds. The van der Waals surface area contributed by atoms with Crippen molar-refractivity contribution < 1.29 is 0 Å². The molecule has 0 bridgehead atoms. The first-order chi connectivity index (χ1) is 8.74. The highest BCUT2D eigenvalue weighted by atomic mass is 32.1. The number of hydrogen-bond acceptors (Lipinski definition) is 4. The van der Waals surface area contributed by atoms with Crippen LogP contribution >= 0.6 is 11.3 Å². The number of nitrogens with two attached hydrogens (primary N) is 1. The Morgan fingerprint density at radius 2 is 2.06 bits per heavy atom. The topological polar surface area (TPSA) is 51.8 Å². The molecule has 0 unspecified atom stereocenters. The second-order valence-electron chi connectivity index (χ2n) is 4.96. The number of hydrogen-bond donors (Lipinski definition) is 1. The Morgan fingerprint density at radius 1 is 1.28 bits per heavy atom. The van der Waals surface area contributed by atoms with Crippen molar-refractivity contribution in [3.63, 3.8) is 0 Å². The predicted octanol–water partition coefficient (Wildman–Crippen LogP) is 3.75. The normalized spacial score (nSPS) is 16.3. The minimum atomic E-state index is 0.578. The lowest BCUT2D eigenvalue weighted by Crippen LogP contribution is -2.03. The SMILES string of the molecule is Cc1ccsc1-c1nc(N)cc(C2CCCC2)n1. The summed E-state index contributed by atoms with van der Waals surface area (Å²) in [4.78, 5) is 10.3. The van der Waals surface area contributed by atoms with Crippen molar-refractivity contribution in [3.8, 4) is 10.7 Å². The van der Waals surface area contributed by atoms with E-state index in [2.05, 4.69) is 23.4 Å². The largest absolute Gasteiger partial charge is 0.384 e. The quantitative estimate of drug-likeness (QED) is 0.893. The first-order valence-electron chi connectivity index (χ1n) is 6.43. The lowest BCUT2D eigenvalue weighted by atomic mass is 10.0. The van der Waals surface area contributed by atoms with E-state index in [0.29, 0.717) is 11.7 Å². The van der Waals surface area contributed by atoms with Gasteiger partial charge in [-0.05, 0) is 36.8 Å². The Labute approximate surface area is 111 Å². The van der Waals surface area contributed by atoms with Gasteiger partial charge in [-0.25, -0.2) is 9.97 Å². The van der Waals surface area contributed by atoms with Crippen LogP contribution in [0.15, 0.2) is 17.5 Å². The lowest BCUT2D eigenvalue weighted by molar-refractivity contribution is 0.696. The van der Waals surface area contributed by atoms with Gasteiger partial charge in [0.05, 0.1) is 4.88 Å². The van der Waals surface area contributed by atoms with Gasteiger partial charge in [0.1, 0.15) is 5.82 Å². The molecule has 1 fully saturated rings. The summed E-state index contributed by atoms with van der Waals surface area (Å²) in [6, 6.07) is 4.05. The molecule has 1 saturated carbocycles. The van der Waals surface area contributed by atoms with Gasteiger partial charge in [0.15, 0.2) is 5.82 Å². The van der Waals surface area contributed by atoms with Crippen molar-refractivity contribution in [2.45, 2.75) is 38.5 Å². The summed E-state index contributed by atoms with van der Waals surface area (Å²) in [5.74, 6) is 1.97. The van der Waals surface area contributed by atoms with E-state index in [1.54, 1.807) is 11.3 Å². The number of anilines is 1. The van der Waals surface area contributed by atoms with Crippen LogP contribution in [0.2, 0.25) is 0 Å². The predicted molar refractivity (Wildman–Crippen MR) is 75.7 cm³/mol. The van der Waals surface area contributed by atoms with E-state index in [1.807, 2.05) is 6.07 Å². The molecule has 1 aliphatic rings. The molecule has 3 nitrogen and oxygen atoms in total. The van der Waals surface area contributed by atoms with Crippen molar-refractivity contribution in [1.29, 1.82) is 0 Å². The molecule has 0 spiro atoms. The molecule has 0 aromatic carbocycles. The van der Waals surface area contributed by atoms with Crippen molar-refractivity contribution in [2.75, 3.05) is 5.73 Å². The van der Waals surface area contributed by atoms with E-state index in [9.17, 15) is 0 Å². The number of aromatic nitrogens is 2. The highest BCUT2D eigenvalue weighted by Gasteiger charge is 2.20. The standard InChI is InChI=1S/C14H17N3S/c1-9-6-7-18-13(9)14-16-11(8-12(15)17-14)10-4-2-3-5-10/h6-8,10H,2-5H2,1H3,(H2,15,16,17). The molecular weight excluding hydrogens is 242 g/mol. The molecule has 2 aromatic rings. The average Bonchev–Trinajstić information content (AvgIpc) is 2.98. The van der Waals surface area contributed by atoms with Crippen LogP contribution in [0.3, 0.4) is 0 Å². The fraction of sp³-hybridized carbons (Fsp3) is 0.429. The van der Waals surface area contributed by atoms with E-state index in [1.165, 1.54) is 31.2 Å². The molecule has 2 N–H and O–H groups in total. The van der Waals surface area contributed by atoms with Gasteiger partial charge in [0.2, 0.25) is 0 Å². The molecule has 0 atom stereocenters. The zero-order valence-corrected chi connectivity index (χ0v) is 11.3. The maximum atomic E-state index is 5.94. The third-order valence-corrected chi connectivity index (χ3v) is 4.62. The third kappa shape index (κ3) is 2.12. The van der Waals surface area contributed by atoms with Crippen LogP contribution in [0.4, 0.5) is 5.82 Å². The Morgan fingerprint density at radius 3 is 2.72 bits per heavy atom. The fourth-order valence-electron chi connectivity index (χ4n) is 2.62. The molecule has 18 heavy (non-hydrogen) atoms. The van der Waals surface area contributed by atoms with Crippen LogP contribution in [0, 0.1) is 6.92 Å². The minimum Gasteiger partial charge on any atom is -0.384 e. The first-order valence-corrected chi connectivity index (χ1v) is 7.31. The summed E-state index contributed by atoms with van der Waals surface area (Å²) < 4.78 is 0. The molecule has 0 radical (unpaired) electrons. The van der Waals surface area contributed by atoms with Crippen LogP contribution in [0.25, 0.3) is 10.7 Å². The van der Waals surface area contributed by atoms with Gasteiger partial charge in [-0.1, -0.05) is 12.8 Å². The summed E-state index contributed by atoms with van der Waals surface area (Å²) in [7, 11) is 0. The summed E-state index contributed by atoms with van der Waals surface area (Å²) in [6.45, 7) is 2.09. The van der Waals surface area contributed by atoms with Crippen LogP contribution in [-0.4, -0.2) is 9.97 Å². The molecule has 2 aromatic heterocycles. The van der Waals surface area contributed by atoms with Crippen molar-refractivity contribution in [2.24, 2.45) is 0 Å². The fourth-order valence-corrected chi connectivity index (χ4v) is 3.48. The van der Waals surface area contributed by atoms with E-state index in [-0.39, 0.29) is 0 Å². The Hall–Kier alpha value is -1.42. The van der Waals surface area contributed by atoms with Crippen molar-refractivity contribution in [3.05, 3.63) is 28.8 Å². The van der Waals surface area contributed by atoms with E-state index >= 15 is 0 Å². The molecule has 94 valence electrons. The van der Waals surface area contributed by atoms with Gasteiger partial charge in [-0.2, -0.15) is 0 Å². The zero-order chi connectivity index (χ0) is 12.5. The Kier molecular flexibility index (Phi) is 3.04. The monoisotopic (exact) mass is 259 g/mol. The van der Waals surface area contributed by atoms with E-state index in [4.69, 9.17) is 10.7 Å². The van der Waals surface area contributed by atoms with Crippen LogP contribution in [-0.2, 0) is 0 Å². The summed E-state index contributed by atoms with van der Waals surface area (Å²) in [5, 5.41) is 2.08. The highest BCUT2D eigenvalue weighted by Crippen LogP contribution is 2.35. The van der Waals surface area contributed by atoms with Crippen molar-refractivity contribution >= 4 is 17.2 Å². The molecule has 0 saturated heterocycles. The average molecular weight is 259 g/mol. The van der Waals surface area contributed by atoms with Crippen LogP contribution in [0.1, 0.15) is 42.9 Å².